The van der Waals surface area contributed by atoms with E-state index in [0.29, 0.717) is 19.3 Å². The van der Waals surface area contributed by atoms with Gasteiger partial charge in [0.2, 0.25) is 0 Å². The molecule has 0 heterocycles. The van der Waals surface area contributed by atoms with Gasteiger partial charge >= 0.3 is 17.9 Å². The summed E-state index contributed by atoms with van der Waals surface area (Å²) >= 11 is 0. The summed E-state index contributed by atoms with van der Waals surface area (Å²) in [4.78, 5) is 37.8. The number of esters is 3. The van der Waals surface area contributed by atoms with Gasteiger partial charge in [0.15, 0.2) is 6.10 Å². The lowest BCUT2D eigenvalue weighted by molar-refractivity contribution is -0.167. The summed E-state index contributed by atoms with van der Waals surface area (Å²) in [6, 6.07) is 0. The highest BCUT2D eigenvalue weighted by Crippen LogP contribution is 2.11. The minimum Gasteiger partial charge on any atom is -0.462 e. The zero-order chi connectivity index (χ0) is 44.4. The maximum Gasteiger partial charge on any atom is 0.306 e. The Morgan fingerprint density at radius 1 is 0.344 bits per heavy atom. The lowest BCUT2D eigenvalue weighted by Crippen LogP contribution is -2.30. The lowest BCUT2D eigenvalue weighted by Gasteiger charge is -2.18. The topological polar surface area (TPSA) is 78.9 Å². The first-order valence-electron chi connectivity index (χ1n) is 24.0. The summed E-state index contributed by atoms with van der Waals surface area (Å²) in [6.07, 6.45) is 66.2. The average Bonchev–Trinajstić information content (AvgIpc) is 3.26. The Labute approximate surface area is 373 Å². The minimum atomic E-state index is -0.828. The number of rotatable bonds is 41. The molecule has 0 bridgehead atoms. The van der Waals surface area contributed by atoms with Crippen molar-refractivity contribution in [1.29, 1.82) is 0 Å². The second-order valence-corrected chi connectivity index (χ2v) is 15.2. The zero-order valence-electron chi connectivity index (χ0n) is 38.9. The van der Waals surface area contributed by atoms with Crippen LogP contribution >= 0.6 is 0 Å². The second-order valence-electron chi connectivity index (χ2n) is 15.2. The van der Waals surface area contributed by atoms with Gasteiger partial charge in [0.05, 0.1) is 0 Å². The minimum absolute atomic E-state index is 0.121. The van der Waals surface area contributed by atoms with Gasteiger partial charge in [-0.1, -0.05) is 174 Å². The van der Waals surface area contributed by atoms with Crippen LogP contribution in [0.1, 0.15) is 188 Å². The predicted octanol–water partition coefficient (Wildman–Crippen LogP) is 15.7. The van der Waals surface area contributed by atoms with Gasteiger partial charge in [-0.15, -0.1) is 0 Å². The molecule has 6 heteroatoms. The van der Waals surface area contributed by atoms with E-state index >= 15 is 0 Å². The van der Waals surface area contributed by atoms with Gasteiger partial charge in [0, 0.05) is 19.3 Å². The SMILES string of the molecule is CC/C=C\C/C=C\C/C=C\C/C=C\C/C=C\CCCC(=O)OCC(COC(=O)CCCCCCC/C=C\CCCC)OC(=O)CCCC/C=C\C/C=C\C/C=C\C/C=C\CC. The van der Waals surface area contributed by atoms with Gasteiger partial charge < -0.3 is 14.2 Å². The van der Waals surface area contributed by atoms with Crippen LogP contribution in [-0.4, -0.2) is 37.2 Å². The summed E-state index contributed by atoms with van der Waals surface area (Å²) in [5.41, 5.74) is 0. The molecule has 0 aromatic heterocycles. The van der Waals surface area contributed by atoms with E-state index in [1.54, 1.807) is 0 Å². The molecule has 0 N–H and O–H groups in total. The number of allylic oxidation sites excluding steroid dienone is 20. The third-order valence-electron chi connectivity index (χ3n) is 9.43. The normalized spacial score (nSPS) is 13.2. The lowest BCUT2D eigenvalue weighted by atomic mass is 10.1. The molecule has 0 aliphatic heterocycles. The molecule has 0 saturated heterocycles. The smallest absolute Gasteiger partial charge is 0.306 e. The molecule has 0 fully saturated rings. The summed E-state index contributed by atoms with van der Waals surface area (Å²) < 4.78 is 16.6. The molecule has 0 aromatic carbocycles. The van der Waals surface area contributed by atoms with E-state index < -0.39 is 6.10 Å². The third-order valence-corrected chi connectivity index (χ3v) is 9.43. The van der Waals surface area contributed by atoms with Crippen molar-refractivity contribution in [2.75, 3.05) is 13.2 Å². The Morgan fingerprint density at radius 3 is 1.11 bits per heavy atom. The van der Waals surface area contributed by atoms with Crippen LogP contribution in [0.2, 0.25) is 0 Å². The van der Waals surface area contributed by atoms with E-state index in [9.17, 15) is 14.4 Å². The van der Waals surface area contributed by atoms with E-state index in [-0.39, 0.29) is 44.0 Å². The van der Waals surface area contributed by atoms with Gasteiger partial charge in [-0.3, -0.25) is 14.4 Å². The van der Waals surface area contributed by atoms with Crippen LogP contribution in [0, 0.1) is 0 Å². The molecular weight excluding hydrogens is 757 g/mol. The first-order valence-corrected chi connectivity index (χ1v) is 24.0. The Hall–Kier alpha value is -4.19. The Kier molecular flexibility index (Phi) is 45.1. The van der Waals surface area contributed by atoms with Crippen LogP contribution in [0.15, 0.2) is 122 Å². The van der Waals surface area contributed by atoms with Crippen LogP contribution in [0.25, 0.3) is 0 Å². The largest absolute Gasteiger partial charge is 0.462 e. The van der Waals surface area contributed by atoms with Crippen LogP contribution in [0.3, 0.4) is 0 Å². The van der Waals surface area contributed by atoms with Crippen molar-refractivity contribution in [2.24, 2.45) is 0 Å². The first kappa shape index (κ1) is 56.8. The quantitative estimate of drug-likeness (QED) is 0.0264. The molecule has 1 unspecified atom stereocenters. The summed E-state index contributed by atoms with van der Waals surface area (Å²) in [5.74, 6) is -1.05. The van der Waals surface area contributed by atoms with Crippen LogP contribution in [0.4, 0.5) is 0 Å². The van der Waals surface area contributed by atoms with Crippen LogP contribution < -0.4 is 0 Å². The van der Waals surface area contributed by atoms with Crippen molar-refractivity contribution in [2.45, 2.75) is 194 Å². The molecule has 0 saturated carbocycles. The highest BCUT2D eigenvalue weighted by molar-refractivity contribution is 5.71. The fourth-order valence-electron chi connectivity index (χ4n) is 5.86. The predicted molar refractivity (Wildman–Crippen MR) is 260 cm³/mol. The number of ether oxygens (including phenoxy) is 3. The average molecular weight is 843 g/mol. The van der Waals surface area contributed by atoms with Crippen molar-refractivity contribution >= 4 is 17.9 Å². The highest BCUT2D eigenvalue weighted by Gasteiger charge is 2.19. The molecular formula is C55H86O6. The van der Waals surface area contributed by atoms with Crippen molar-refractivity contribution in [3.05, 3.63) is 122 Å². The fourth-order valence-corrected chi connectivity index (χ4v) is 5.86. The van der Waals surface area contributed by atoms with E-state index in [4.69, 9.17) is 14.2 Å². The van der Waals surface area contributed by atoms with Gasteiger partial charge in [0.25, 0.3) is 0 Å². The van der Waals surface area contributed by atoms with Crippen LogP contribution in [-0.2, 0) is 28.6 Å². The number of unbranched alkanes of at least 4 members (excludes halogenated alkanes) is 10. The van der Waals surface area contributed by atoms with E-state index in [2.05, 4.69) is 142 Å². The Morgan fingerprint density at radius 2 is 0.656 bits per heavy atom. The molecule has 0 spiro atoms. The summed E-state index contributed by atoms with van der Waals surface area (Å²) in [5, 5.41) is 0. The standard InChI is InChI=1S/C55H86O6/c1-4-7-10-13-16-19-22-24-26-27-29-30-33-36-39-42-45-48-54(57)60-51-52(50-59-53(56)47-44-41-38-35-32-21-18-15-12-9-6-3)61-55(58)49-46-43-40-37-34-31-28-25-23-20-17-14-11-8-5-2/h7-8,10-11,15-20,24-26,28-30,34,36-37,39,52H,4-6,9,12-14,21-23,27,31-33,35,38,40-51H2,1-3H3/b10-7-,11-8-,18-15-,19-16-,20-17-,26-24-,28-25-,30-29-,37-34-,39-36-. The summed E-state index contributed by atoms with van der Waals surface area (Å²) in [7, 11) is 0. The fraction of sp³-hybridized carbons (Fsp3) is 0.582. The van der Waals surface area contributed by atoms with Crippen molar-refractivity contribution in [1.82, 2.24) is 0 Å². The Balaban J connectivity index is 4.58. The number of hydrogen-bond donors (Lipinski definition) is 0. The monoisotopic (exact) mass is 843 g/mol. The summed E-state index contributed by atoms with van der Waals surface area (Å²) in [6.45, 7) is 6.25. The molecule has 0 amide bonds. The zero-order valence-corrected chi connectivity index (χ0v) is 38.9. The second kappa shape index (κ2) is 48.5. The van der Waals surface area contributed by atoms with Gasteiger partial charge in [-0.2, -0.15) is 0 Å². The van der Waals surface area contributed by atoms with Gasteiger partial charge in [-0.05, 0) is 116 Å². The third kappa shape index (κ3) is 46.7. The maximum absolute atomic E-state index is 12.7. The van der Waals surface area contributed by atoms with Crippen LogP contribution in [0.5, 0.6) is 0 Å². The Bertz CT molecular complexity index is 1340. The van der Waals surface area contributed by atoms with Gasteiger partial charge in [0.1, 0.15) is 13.2 Å². The molecule has 342 valence electrons. The van der Waals surface area contributed by atoms with E-state index in [1.807, 2.05) is 0 Å². The molecule has 0 aliphatic rings. The van der Waals surface area contributed by atoms with Crippen molar-refractivity contribution in [3.63, 3.8) is 0 Å². The molecule has 0 radical (unpaired) electrons. The van der Waals surface area contributed by atoms with E-state index in [0.717, 1.165) is 109 Å². The van der Waals surface area contributed by atoms with Crippen molar-refractivity contribution in [3.8, 4) is 0 Å². The molecule has 0 rings (SSSR count). The number of carbonyl (C=O) groups excluding carboxylic acids is 3. The highest BCUT2D eigenvalue weighted by atomic mass is 16.6. The first-order chi connectivity index (χ1) is 30.0. The van der Waals surface area contributed by atoms with Crippen molar-refractivity contribution < 1.29 is 28.6 Å². The van der Waals surface area contributed by atoms with Gasteiger partial charge in [-0.25, -0.2) is 0 Å². The molecule has 61 heavy (non-hydrogen) atoms. The number of carbonyl (C=O) groups is 3. The molecule has 1 atom stereocenters. The molecule has 0 aliphatic carbocycles. The van der Waals surface area contributed by atoms with E-state index in [1.165, 1.54) is 25.7 Å². The number of hydrogen-bond acceptors (Lipinski definition) is 6. The molecule has 6 nitrogen and oxygen atoms in total. The molecule has 0 aromatic rings. The maximum atomic E-state index is 12.7.